The number of rotatable bonds is 1. The molecule has 0 nitrogen and oxygen atoms in total. The first-order valence-corrected chi connectivity index (χ1v) is 2.45. The van der Waals surface area contributed by atoms with Gasteiger partial charge >= 0.3 is 19.5 Å². The molecule has 1 rings (SSSR count). The molecule has 0 unspecified atom stereocenters. The van der Waals surface area contributed by atoms with Crippen molar-refractivity contribution in [2.75, 3.05) is 0 Å². The second-order valence-electron chi connectivity index (χ2n) is 1.48. The van der Waals surface area contributed by atoms with Gasteiger partial charge < -0.3 is 18.2 Å². The Balaban J connectivity index is 0.000000640. The van der Waals surface area contributed by atoms with Crippen molar-refractivity contribution in [2.45, 2.75) is 0 Å². The Bertz CT molecular complexity index is 167. The van der Waals surface area contributed by atoms with Crippen LogP contribution in [-0.2, 0) is 19.5 Å². The van der Waals surface area contributed by atoms with Crippen molar-refractivity contribution in [1.29, 1.82) is 0 Å². The molecule has 40 valence electrons. The standard InChI is InChI=1S/C8H6.Zn/c1-2-8-6-4-3-5-7-8;/h1-6H;/q-2;+2. The van der Waals surface area contributed by atoms with Crippen LogP contribution in [0.3, 0.4) is 0 Å². The van der Waals surface area contributed by atoms with E-state index in [1.54, 1.807) is 0 Å². The molecule has 0 atom stereocenters. The fourth-order valence-electron chi connectivity index (χ4n) is 0.511. The van der Waals surface area contributed by atoms with Crippen molar-refractivity contribution in [3.05, 3.63) is 42.5 Å². The van der Waals surface area contributed by atoms with Gasteiger partial charge in [0.15, 0.2) is 0 Å². The van der Waals surface area contributed by atoms with Crippen LogP contribution in [0.4, 0.5) is 0 Å². The third-order valence-corrected chi connectivity index (χ3v) is 0.913. The van der Waals surface area contributed by atoms with Crippen LogP contribution < -0.4 is 0 Å². The summed E-state index contributed by atoms with van der Waals surface area (Å²) in [6.07, 6.45) is 1.53. The number of hydrogen-bond acceptors (Lipinski definition) is 0. The Hall–Kier alpha value is -0.417. The average molecular weight is 168 g/mol. The third-order valence-electron chi connectivity index (χ3n) is 0.913. The SMILES string of the molecule is [CH-]=Cc1[c-]cccc1.[Zn+2]. The number of hydrogen-bond donors (Lipinski definition) is 0. The van der Waals surface area contributed by atoms with Gasteiger partial charge in [0.05, 0.1) is 0 Å². The van der Waals surface area contributed by atoms with Crippen molar-refractivity contribution >= 4 is 6.08 Å². The van der Waals surface area contributed by atoms with Gasteiger partial charge in [-0.2, -0.15) is 12.1 Å². The van der Waals surface area contributed by atoms with Crippen LogP contribution in [0.5, 0.6) is 0 Å². The first-order valence-electron chi connectivity index (χ1n) is 2.45. The van der Waals surface area contributed by atoms with Crippen molar-refractivity contribution in [3.8, 4) is 0 Å². The van der Waals surface area contributed by atoms with E-state index in [1.165, 1.54) is 6.08 Å². The van der Waals surface area contributed by atoms with Crippen molar-refractivity contribution in [1.82, 2.24) is 0 Å². The number of benzene rings is 1. The maximum Gasteiger partial charge on any atom is 2.00 e. The molecule has 0 aliphatic rings. The van der Waals surface area contributed by atoms with E-state index < -0.39 is 0 Å². The molecule has 1 heteroatoms. The molecule has 0 radical (unpaired) electrons. The molecule has 0 N–H and O–H groups in total. The average Bonchev–Trinajstić information content (AvgIpc) is 1.90. The molecule has 1 aromatic rings. The summed E-state index contributed by atoms with van der Waals surface area (Å²) in [6, 6.07) is 10.5. The van der Waals surface area contributed by atoms with Crippen LogP contribution in [-0.4, -0.2) is 0 Å². The summed E-state index contributed by atoms with van der Waals surface area (Å²) in [5.41, 5.74) is 0.938. The van der Waals surface area contributed by atoms with E-state index in [-0.39, 0.29) is 19.5 Å². The van der Waals surface area contributed by atoms with Gasteiger partial charge in [0, 0.05) is 0 Å². The molecule has 0 fully saturated rings. The zero-order chi connectivity index (χ0) is 5.82. The van der Waals surface area contributed by atoms with Crippen LogP contribution in [0.25, 0.3) is 6.08 Å². The van der Waals surface area contributed by atoms with Crippen LogP contribution in [0.15, 0.2) is 24.3 Å². The molecule has 0 amide bonds. The molecule has 9 heavy (non-hydrogen) atoms. The molecule has 0 aliphatic heterocycles. The van der Waals surface area contributed by atoms with Gasteiger partial charge in [-0.25, -0.2) is 12.1 Å². The second kappa shape index (κ2) is 4.46. The minimum atomic E-state index is 0. The minimum Gasteiger partial charge on any atom is -0.344 e. The van der Waals surface area contributed by atoms with Gasteiger partial charge in [-0.05, 0) is 0 Å². The van der Waals surface area contributed by atoms with Gasteiger partial charge in [-0.1, -0.05) is 0 Å². The fraction of sp³-hybridized carbons (Fsp3) is 0. The van der Waals surface area contributed by atoms with Gasteiger partial charge in [0.2, 0.25) is 0 Å². The molecular weight excluding hydrogens is 161 g/mol. The molecule has 0 aromatic heterocycles. The van der Waals surface area contributed by atoms with E-state index >= 15 is 0 Å². The predicted octanol–water partition coefficient (Wildman–Crippen LogP) is 1.93. The normalized spacial score (nSPS) is 7.56. The summed E-state index contributed by atoms with van der Waals surface area (Å²) in [5, 5.41) is 0. The molecular formula is C8H6Zn. The largest absolute Gasteiger partial charge is 2.00 e. The van der Waals surface area contributed by atoms with Gasteiger partial charge in [-0.3, -0.25) is 0 Å². The third kappa shape index (κ3) is 2.57. The van der Waals surface area contributed by atoms with Crippen molar-refractivity contribution < 1.29 is 19.5 Å². The zero-order valence-corrected chi connectivity index (χ0v) is 8.14. The molecule has 0 bridgehead atoms. The summed E-state index contributed by atoms with van der Waals surface area (Å²) in [6.45, 7) is 5.19. The monoisotopic (exact) mass is 166 g/mol. The van der Waals surface area contributed by atoms with Crippen LogP contribution >= 0.6 is 0 Å². The van der Waals surface area contributed by atoms with Gasteiger partial charge in [0.25, 0.3) is 0 Å². The van der Waals surface area contributed by atoms with Gasteiger partial charge in [-0.15, -0.1) is 6.07 Å². The fourth-order valence-corrected chi connectivity index (χ4v) is 0.511. The first kappa shape index (κ1) is 8.58. The Morgan fingerprint density at radius 3 is 2.56 bits per heavy atom. The smallest absolute Gasteiger partial charge is 0.344 e. The minimum absolute atomic E-state index is 0. The molecule has 0 saturated heterocycles. The summed E-state index contributed by atoms with van der Waals surface area (Å²) >= 11 is 0. The Morgan fingerprint density at radius 2 is 2.22 bits per heavy atom. The van der Waals surface area contributed by atoms with Crippen LogP contribution in [0.2, 0.25) is 0 Å². The summed E-state index contributed by atoms with van der Waals surface area (Å²) < 4.78 is 0. The molecule has 0 spiro atoms. The van der Waals surface area contributed by atoms with E-state index in [1.807, 2.05) is 24.3 Å². The van der Waals surface area contributed by atoms with E-state index in [4.69, 9.17) is 6.58 Å². The van der Waals surface area contributed by atoms with E-state index in [2.05, 4.69) is 6.07 Å². The van der Waals surface area contributed by atoms with Crippen LogP contribution in [0.1, 0.15) is 5.56 Å². The molecule has 0 heterocycles. The summed E-state index contributed by atoms with van der Waals surface area (Å²) in [4.78, 5) is 0. The van der Waals surface area contributed by atoms with Crippen molar-refractivity contribution in [2.24, 2.45) is 0 Å². The predicted molar refractivity (Wildman–Crippen MR) is 34.0 cm³/mol. The maximum absolute atomic E-state index is 5.19. The van der Waals surface area contributed by atoms with E-state index in [0.717, 1.165) is 5.56 Å². The first-order chi connectivity index (χ1) is 3.93. The quantitative estimate of drug-likeness (QED) is 0.443. The topological polar surface area (TPSA) is 0 Å². The maximum atomic E-state index is 5.19. The molecule has 0 aliphatic carbocycles. The van der Waals surface area contributed by atoms with Gasteiger partial charge in [0.1, 0.15) is 0 Å². The second-order valence-corrected chi connectivity index (χ2v) is 1.48. The molecule has 1 aromatic carbocycles. The van der Waals surface area contributed by atoms with E-state index in [0.29, 0.717) is 0 Å². The molecule has 0 saturated carbocycles. The summed E-state index contributed by atoms with van der Waals surface area (Å²) in [7, 11) is 0. The van der Waals surface area contributed by atoms with Crippen molar-refractivity contribution in [3.63, 3.8) is 0 Å². The van der Waals surface area contributed by atoms with E-state index in [9.17, 15) is 0 Å². The zero-order valence-electron chi connectivity index (χ0n) is 5.17. The Kier molecular flexibility index (Phi) is 4.25. The Morgan fingerprint density at radius 1 is 1.44 bits per heavy atom. The van der Waals surface area contributed by atoms with Crippen LogP contribution in [0, 0.1) is 12.6 Å². The Labute approximate surface area is 68.4 Å². The summed E-state index contributed by atoms with van der Waals surface area (Å²) in [5.74, 6) is 0.